The van der Waals surface area contributed by atoms with Gasteiger partial charge >= 0.3 is 0 Å². The van der Waals surface area contributed by atoms with Gasteiger partial charge in [-0.1, -0.05) is 0 Å². The van der Waals surface area contributed by atoms with Crippen molar-refractivity contribution in [3.8, 4) is 0 Å². The van der Waals surface area contributed by atoms with Gasteiger partial charge in [0.2, 0.25) is 0 Å². The number of nitro benzene ring substituents is 1. The van der Waals surface area contributed by atoms with Gasteiger partial charge in [-0.25, -0.2) is 9.97 Å². The van der Waals surface area contributed by atoms with Crippen LogP contribution in [0.3, 0.4) is 0 Å². The van der Waals surface area contributed by atoms with Crippen LogP contribution in [0.5, 0.6) is 0 Å². The maximum Gasteiger partial charge on any atom is 0.293 e. The van der Waals surface area contributed by atoms with Crippen molar-refractivity contribution in [1.82, 2.24) is 15.3 Å². The molecule has 4 rings (SSSR count). The van der Waals surface area contributed by atoms with Gasteiger partial charge in [-0.15, -0.1) is 11.3 Å². The number of nitrogens with zero attached hydrogens (tertiary/aromatic N) is 5. The SMILES string of the molecule is CN(c1cccs1)c1ncnc2cc(N3CCNCC3)c([N+](=O)[O-])cc12. The van der Waals surface area contributed by atoms with Crippen LogP contribution >= 0.6 is 11.3 Å². The molecule has 0 spiro atoms. The van der Waals surface area contributed by atoms with Crippen molar-refractivity contribution in [3.63, 3.8) is 0 Å². The van der Waals surface area contributed by atoms with Crippen LogP contribution < -0.4 is 15.1 Å². The fourth-order valence-corrected chi connectivity index (χ4v) is 3.90. The molecule has 3 heterocycles. The van der Waals surface area contributed by atoms with E-state index < -0.39 is 0 Å². The second-order valence-electron chi connectivity index (χ2n) is 6.06. The van der Waals surface area contributed by atoms with Crippen LogP contribution in [0.1, 0.15) is 0 Å². The van der Waals surface area contributed by atoms with Gasteiger partial charge in [0.05, 0.1) is 20.8 Å². The number of benzene rings is 1. The molecule has 1 saturated heterocycles. The van der Waals surface area contributed by atoms with Crippen molar-refractivity contribution in [1.29, 1.82) is 0 Å². The van der Waals surface area contributed by atoms with Crippen LogP contribution in [-0.2, 0) is 0 Å². The van der Waals surface area contributed by atoms with E-state index in [1.54, 1.807) is 17.4 Å². The van der Waals surface area contributed by atoms with E-state index in [9.17, 15) is 10.1 Å². The summed E-state index contributed by atoms with van der Waals surface area (Å²) in [5.41, 5.74) is 1.42. The van der Waals surface area contributed by atoms with Crippen molar-refractivity contribution in [2.24, 2.45) is 0 Å². The van der Waals surface area contributed by atoms with E-state index >= 15 is 0 Å². The molecule has 1 aliphatic rings. The van der Waals surface area contributed by atoms with Crippen LogP contribution in [0.4, 0.5) is 22.2 Å². The lowest BCUT2D eigenvalue weighted by Crippen LogP contribution is -2.43. The third-order valence-electron chi connectivity index (χ3n) is 4.52. The maximum absolute atomic E-state index is 11.7. The van der Waals surface area contributed by atoms with Crippen LogP contribution in [0.25, 0.3) is 10.9 Å². The minimum Gasteiger partial charge on any atom is -0.363 e. The first-order valence-corrected chi connectivity index (χ1v) is 9.19. The highest BCUT2D eigenvalue weighted by Gasteiger charge is 2.24. The Morgan fingerprint density at radius 2 is 2.12 bits per heavy atom. The number of aromatic nitrogens is 2. The number of rotatable bonds is 4. The van der Waals surface area contributed by atoms with E-state index in [2.05, 4.69) is 15.3 Å². The van der Waals surface area contributed by atoms with Crippen molar-refractivity contribution in [3.05, 3.63) is 46.1 Å². The predicted molar refractivity (Wildman–Crippen MR) is 104 cm³/mol. The normalized spacial score (nSPS) is 14.6. The molecule has 3 aromatic rings. The molecule has 0 radical (unpaired) electrons. The average molecular weight is 370 g/mol. The molecular weight excluding hydrogens is 352 g/mol. The average Bonchev–Trinajstić information content (AvgIpc) is 3.21. The molecule has 26 heavy (non-hydrogen) atoms. The minimum absolute atomic E-state index is 0.0926. The van der Waals surface area contributed by atoms with Crippen LogP contribution in [-0.4, -0.2) is 48.1 Å². The van der Waals surface area contributed by atoms with Gasteiger partial charge in [0.15, 0.2) is 0 Å². The molecule has 0 saturated carbocycles. The molecule has 134 valence electrons. The zero-order valence-electron chi connectivity index (χ0n) is 14.3. The van der Waals surface area contributed by atoms with E-state index in [1.807, 2.05) is 40.4 Å². The van der Waals surface area contributed by atoms with Crippen molar-refractivity contribution < 1.29 is 4.92 Å². The number of fused-ring (bicyclic) bond motifs is 1. The summed E-state index contributed by atoms with van der Waals surface area (Å²) in [5.74, 6) is 0.660. The summed E-state index contributed by atoms with van der Waals surface area (Å²) in [5, 5.41) is 18.7. The molecule has 1 aromatic carbocycles. The first kappa shape index (κ1) is 16.7. The number of nitrogens with one attached hydrogen (secondary N) is 1. The maximum atomic E-state index is 11.7. The van der Waals surface area contributed by atoms with Crippen molar-refractivity contribution in [2.45, 2.75) is 0 Å². The van der Waals surface area contributed by atoms with Crippen molar-refractivity contribution in [2.75, 3.05) is 43.0 Å². The van der Waals surface area contributed by atoms with Gasteiger partial charge in [0.25, 0.3) is 5.69 Å². The number of anilines is 3. The lowest BCUT2D eigenvalue weighted by Gasteiger charge is -2.29. The van der Waals surface area contributed by atoms with Gasteiger partial charge in [-0.3, -0.25) is 10.1 Å². The topological polar surface area (TPSA) is 87.4 Å². The molecule has 1 fully saturated rings. The zero-order chi connectivity index (χ0) is 18.1. The number of thiophene rings is 1. The molecular formula is C17H18N6O2S. The number of piperazine rings is 1. The Labute approximate surface area is 154 Å². The fourth-order valence-electron chi connectivity index (χ4n) is 3.20. The van der Waals surface area contributed by atoms with Gasteiger partial charge < -0.3 is 15.1 Å². The first-order valence-electron chi connectivity index (χ1n) is 8.31. The zero-order valence-corrected chi connectivity index (χ0v) is 15.1. The quantitative estimate of drug-likeness (QED) is 0.558. The molecule has 0 amide bonds. The Hall–Kier alpha value is -2.78. The summed E-state index contributed by atoms with van der Waals surface area (Å²) in [7, 11) is 1.91. The summed E-state index contributed by atoms with van der Waals surface area (Å²) < 4.78 is 0. The molecule has 1 aliphatic heterocycles. The molecule has 0 unspecified atom stereocenters. The molecule has 9 heteroatoms. The Bertz CT molecular complexity index is 940. The van der Waals surface area contributed by atoms with Gasteiger partial charge in [0, 0.05) is 39.3 Å². The van der Waals surface area contributed by atoms with Crippen LogP contribution in [0.2, 0.25) is 0 Å². The summed E-state index contributed by atoms with van der Waals surface area (Å²) in [4.78, 5) is 24.1. The minimum atomic E-state index is -0.321. The van der Waals surface area contributed by atoms with E-state index in [1.165, 1.54) is 6.33 Å². The highest BCUT2D eigenvalue weighted by Crippen LogP contribution is 2.37. The second kappa shape index (κ2) is 6.85. The van der Waals surface area contributed by atoms with E-state index in [4.69, 9.17) is 0 Å². The highest BCUT2D eigenvalue weighted by molar-refractivity contribution is 7.14. The Kier molecular flexibility index (Phi) is 4.39. The van der Waals surface area contributed by atoms with E-state index in [0.29, 0.717) is 22.4 Å². The van der Waals surface area contributed by atoms with Gasteiger partial charge in [0.1, 0.15) is 17.8 Å². The summed E-state index contributed by atoms with van der Waals surface area (Å²) in [6.07, 6.45) is 1.51. The largest absolute Gasteiger partial charge is 0.363 e. The number of hydrogen-bond donors (Lipinski definition) is 1. The standard InChI is InChI=1S/C17H18N6O2S/c1-21(16-3-2-8-26-16)17-12-9-15(23(24)25)14(10-13(12)19-11-20-17)22-6-4-18-5-7-22/h2-3,8-11,18H,4-7H2,1H3. The van der Waals surface area contributed by atoms with Crippen molar-refractivity contribution >= 4 is 44.4 Å². The van der Waals surface area contributed by atoms with Crippen LogP contribution in [0, 0.1) is 10.1 Å². The molecule has 1 N–H and O–H groups in total. The van der Waals surface area contributed by atoms with E-state index in [-0.39, 0.29) is 10.6 Å². The molecule has 0 aliphatic carbocycles. The first-order chi connectivity index (χ1) is 12.6. The number of nitro groups is 1. The third kappa shape index (κ3) is 2.95. The Morgan fingerprint density at radius 3 is 2.81 bits per heavy atom. The third-order valence-corrected chi connectivity index (χ3v) is 5.46. The van der Waals surface area contributed by atoms with Gasteiger partial charge in [-0.2, -0.15) is 0 Å². The molecule has 0 bridgehead atoms. The predicted octanol–water partition coefficient (Wildman–Crippen LogP) is 2.78. The van der Waals surface area contributed by atoms with Gasteiger partial charge in [-0.05, 0) is 23.6 Å². The summed E-state index contributed by atoms with van der Waals surface area (Å²) in [6, 6.07) is 7.37. The Morgan fingerprint density at radius 1 is 1.31 bits per heavy atom. The molecule has 2 aromatic heterocycles. The lowest BCUT2D eigenvalue weighted by molar-refractivity contribution is -0.384. The van der Waals surface area contributed by atoms with Crippen LogP contribution in [0.15, 0.2) is 36.0 Å². The second-order valence-corrected chi connectivity index (χ2v) is 6.99. The molecule has 0 atom stereocenters. The number of hydrogen-bond acceptors (Lipinski definition) is 8. The Balaban J connectivity index is 1.86. The lowest BCUT2D eigenvalue weighted by atomic mass is 10.1. The monoisotopic (exact) mass is 370 g/mol. The molecule has 8 nitrogen and oxygen atoms in total. The summed E-state index contributed by atoms with van der Waals surface area (Å²) >= 11 is 1.59. The van der Waals surface area contributed by atoms with E-state index in [0.717, 1.165) is 31.2 Å². The highest BCUT2D eigenvalue weighted by atomic mass is 32.1. The fraction of sp³-hybridized carbons (Fsp3) is 0.294. The smallest absolute Gasteiger partial charge is 0.293 e. The summed E-state index contributed by atoms with van der Waals surface area (Å²) in [6.45, 7) is 3.09.